The van der Waals surface area contributed by atoms with Crippen molar-refractivity contribution in [3.63, 3.8) is 0 Å². The van der Waals surface area contributed by atoms with Crippen molar-refractivity contribution in [2.45, 2.75) is 38.8 Å². The third-order valence-electron chi connectivity index (χ3n) is 2.43. The van der Waals surface area contributed by atoms with Gasteiger partial charge in [-0.15, -0.1) is 0 Å². The van der Waals surface area contributed by atoms with Crippen molar-refractivity contribution in [2.75, 3.05) is 6.61 Å². The standard InChI is InChI=1S/C9H15NO4/c1-3-14-9(13)10-6(2)4-5-7(10)8(11)12/h6-7H,3-5H2,1-2H3,(H,11,12). The van der Waals surface area contributed by atoms with E-state index < -0.39 is 18.1 Å². The fourth-order valence-corrected chi connectivity index (χ4v) is 1.73. The van der Waals surface area contributed by atoms with Crippen LogP contribution in [0.25, 0.3) is 0 Å². The van der Waals surface area contributed by atoms with E-state index in [1.54, 1.807) is 6.92 Å². The van der Waals surface area contributed by atoms with Crippen molar-refractivity contribution in [1.29, 1.82) is 0 Å². The lowest BCUT2D eigenvalue weighted by Gasteiger charge is -2.24. The van der Waals surface area contributed by atoms with Crippen LogP contribution in [0.5, 0.6) is 0 Å². The molecule has 1 amide bonds. The molecular formula is C9H15NO4. The van der Waals surface area contributed by atoms with Crippen molar-refractivity contribution >= 4 is 12.1 Å². The molecule has 1 aliphatic rings. The minimum absolute atomic E-state index is 0.0462. The van der Waals surface area contributed by atoms with Crippen LogP contribution in [0.2, 0.25) is 0 Å². The molecule has 1 rings (SSSR count). The van der Waals surface area contributed by atoms with Gasteiger partial charge in [-0.25, -0.2) is 9.59 Å². The summed E-state index contributed by atoms with van der Waals surface area (Å²) in [6.07, 6.45) is 0.704. The van der Waals surface area contributed by atoms with Gasteiger partial charge >= 0.3 is 12.1 Å². The zero-order chi connectivity index (χ0) is 10.7. The second kappa shape index (κ2) is 4.30. The van der Waals surface area contributed by atoms with Gasteiger partial charge in [-0.1, -0.05) is 0 Å². The van der Waals surface area contributed by atoms with E-state index in [4.69, 9.17) is 9.84 Å². The Balaban J connectivity index is 2.71. The van der Waals surface area contributed by atoms with Gasteiger partial charge in [0.15, 0.2) is 0 Å². The lowest BCUT2D eigenvalue weighted by atomic mass is 10.2. The summed E-state index contributed by atoms with van der Waals surface area (Å²) in [7, 11) is 0. The fourth-order valence-electron chi connectivity index (χ4n) is 1.73. The number of rotatable bonds is 2. The number of hydrogen-bond donors (Lipinski definition) is 1. The van der Waals surface area contributed by atoms with Crippen LogP contribution in [0, 0.1) is 0 Å². The van der Waals surface area contributed by atoms with E-state index in [0.29, 0.717) is 6.42 Å². The van der Waals surface area contributed by atoms with Crippen LogP contribution in [0.1, 0.15) is 26.7 Å². The van der Waals surface area contributed by atoms with E-state index >= 15 is 0 Å². The summed E-state index contributed by atoms with van der Waals surface area (Å²) in [6.45, 7) is 3.81. The lowest BCUT2D eigenvalue weighted by molar-refractivity contribution is -0.142. The summed E-state index contributed by atoms with van der Waals surface area (Å²) in [5.74, 6) is -0.956. The Morgan fingerprint density at radius 2 is 2.14 bits per heavy atom. The van der Waals surface area contributed by atoms with Crippen LogP contribution in [0.15, 0.2) is 0 Å². The van der Waals surface area contributed by atoms with Gasteiger partial charge in [0.05, 0.1) is 6.61 Å². The summed E-state index contributed by atoms with van der Waals surface area (Å²) in [4.78, 5) is 23.5. The Kier molecular flexibility index (Phi) is 3.33. The smallest absolute Gasteiger partial charge is 0.410 e. The number of aliphatic carboxylic acids is 1. The SMILES string of the molecule is CCOC(=O)N1C(C)CCC1C(=O)O. The zero-order valence-corrected chi connectivity index (χ0v) is 8.40. The highest BCUT2D eigenvalue weighted by Gasteiger charge is 2.39. The molecular weight excluding hydrogens is 186 g/mol. The topological polar surface area (TPSA) is 66.8 Å². The monoisotopic (exact) mass is 201 g/mol. The first-order valence-corrected chi connectivity index (χ1v) is 4.75. The molecule has 0 aromatic heterocycles. The maximum Gasteiger partial charge on any atom is 0.410 e. The molecule has 80 valence electrons. The maximum atomic E-state index is 11.4. The first kappa shape index (κ1) is 10.8. The number of carboxylic acids is 1. The van der Waals surface area contributed by atoms with Gasteiger partial charge < -0.3 is 9.84 Å². The molecule has 2 atom stereocenters. The highest BCUT2D eigenvalue weighted by Crippen LogP contribution is 2.24. The first-order chi connectivity index (χ1) is 6.57. The average molecular weight is 201 g/mol. The summed E-state index contributed by atoms with van der Waals surface area (Å²) in [5, 5.41) is 8.87. The van der Waals surface area contributed by atoms with Gasteiger partial charge in [-0.3, -0.25) is 4.90 Å². The van der Waals surface area contributed by atoms with Crippen molar-refractivity contribution in [1.82, 2.24) is 4.90 Å². The van der Waals surface area contributed by atoms with Gasteiger partial charge in [0.1, 0.15) is 6.04 Å². The predicted molar refractivity (Wildman–Crippen MR) is 49.0 cm³/mol. The van der Waals surface area contributed by atoms with E-state index in [1.807, 2.05) is 6.92 Å². The Morgan fingerprint density at radius 1 is 1.50 bits per heavy atom. The van der Waals surface area contributed by atoms with Crippen molar-refractivity contribution in [3.05, 3.63) is 0 Å². The lowest BCUT2D eigenvalue weighted by Crippen LogP contribution is -2.44. The van der Waals surface area contributed by atoms with Crippen LogP contribution in [-0.2, 0) is 9.53 Å². The van der Waals surface area contributed by atoms with Crippen molar-refractivity contribution in [3.8, 4) is 0 Å². The molecule has 1 heterocycles. The quantitative estimate of drug-likeness (QED) is 0.726. The normalized spacial score (nSPS) is 26.3. The Bertz CT molecular complexity index is 241. The van der Waals surface area contributed by atoms with Gasteiger partial charge in [-0.2, -0.15) is 0 Å². The third kappa shape index (κ3) is 1.97. The average Bonchev–Trinajstić information content (AvgIpc) is 2.47. The molecule has 14 heavy (non-hydrogen) atoms. The van der Waals surface area contributed by atoms with E-state index in [-0.39, 0.29) is 12.6 Å². The van der Waals surface area contributed by atoms with Gasteiger partial charge in [0.2, 0.25) is 0 Å². The van der Waals surface area contributed by atoms with Crippen LogP contribution in [0.4, 0.5) is 4.79 Å². The van der Waals surface area contributed by atoms with E-state index in [1.165, 1.54) is 4.90 Å². The second-order valence-corrected chi connectivity index (χ2v) is 3.39. The molecule has 0 spiro atoms. The first-order valence-electron chi connectivity index (χ1n) is 4.75. The van der Waals surface area contributed by atoms with Gasteiger partial charge in [0, 0.05) is 6.04 Å². The summed E-state index contributed by atoms with van der Waals surface area (Å²) in [6, 6.07) is -0.765. The molecule has 5 heteroatoms. The molecule has 0 aliphatic carbocycles. The molecule has 0 bridgehead atoms. The molecule has 1 aliphatic heterocycles. The number of carboxylic acid groups (broad SMARTS) is 1. The summed E-state index contributed by atoms with van der Waals surface area (Å²) in [5.41, 5.74) is 0. The predicted octanol–water partition coefficient (Wildman–Crippen LogP) is 1.08. The molecule has 0 saturated carbocycles. The Labute approximate surface area is 82.6 Å². The molecule has 1 saturated heterocycles. The highest BCUT2D eigenvalue weighted by molar-refractivity contribution is 5.81. The van der Waals surface area contributed by atoms with E-state index in [2.05, 4.69) is 0 Å². The number of carbonyl (C=O) groups is 2. The molecule has 0 radical (unpaired) electrons. The number of amides is 1. The Hall–Kier alpha value is -1.26. The number of nitrogens with zero attached hydrogens (tertiary/aromatic N) is 1. The molecule has 1 fully saturated rings. The zero-order valence-electron chi connectivity index (χ0n) is 8.40. The molecule has 0 aromatic rings. The second-order valence-electron chi connectivity index (χ2n) is 3.39. The van der Waals surface area contributed by atoms with Crippen LogP contribution < -0.4 is 0 Å². The largest absolute Gasteiger partial charge is 0.480 e. The maximum absolute atomic E-state index is 11.4. The minimum atomic E-state index is -0.956. The number of carbonyl (C=O) groups excluding carboxylic acids is 1. The van der Waals surface area contributed by atoms with E-state index in [0.717, 1.165) is 6.42 Å². The molecule has 2 unspecified atom stereocenters. The van der Waals surface area contributed by atoms with Gasteiger partial charge in [-0.05, 0) is 26.7 Å². The fraction of sp³-hybridized carbons (Fsp3) is 0.778. The Morgan fingerprint density at radius 3 is 2.64 bits per heavy atom. The number of hydrogen-bond acceptors (Lipinski definition) is 3. The highest BCUT2D eigenvalue weighted by atomic mass is 16.6. The summed E-state index contributed by atoms with van der Waals surface area (Å²) >= 11 is 0. The van der Waals surface area contributed by atoms with Crippen molar-refractivity contribution in [2.24, 2.45) is 0 Å². The van der Waals surface area contributed by atoms with E-state index in [9.17, 15) is 9.59 Å². The molecule has 1 N–H and O–H groups in total. The number of likely N-dealkylation sites (tertiary alicyclic amines) is 1. The molecule has 0 aromatic carbocycles. The number of ether oxygens (including phenoxy) is 1. The summed E-state index contributed by atoms with van der Waals surface area (Å²) < 4.78 is 4.80. The van der Waals surface area contributed by atoms with Crippen LogP contribution in [-0.4, -0.2) is 40.8 Å². The van der Waals surface area contributed by atoms with Gasteiger partial charge in [0.25, 0.3) is 0 Å². The minimum Gasteiger partial charge on any atom is -0.480 e. The third-order valence-corrected chi connectivity index (χ3v) is 2.43. The van der Waals surface area contributed by atoms with Crippen LogP contribution in [0.3, 0.4) is 0 Å². The molecule has 5 nitrogen and oxygen atoms in total. The van der Waals surface area contributed by atoms with Crippen molar-refractivity contribution < 1.29 is 19.4 Å². The van der Waals surface area contributed by atoms with Crippen LogP contribution >= 0.6 is 0 Å².